The van der Waals surface area contributed by atoms with Gasteiger partial charge in [-0.25, -0.2) is 0 Å². The molecule has 1 aliphatic carbocycles. The molecule has 2 N–H and O–H groups in total. The summed E-state index contributed by atoms with van der Waals surface area (Å²) in [6.07, 6.45) is 2.73. The third kappa shape index (κ3) is 5.29. The Morgan fingerprint density at radius 1 is 1.47 bits per heavy atom. The molecule has 0 saturated heterocycles. The Kier molecular flexibility index (Phi) is 6.58. The van der Waals surface area contributed by atoms with E-state index < -0.39 is 16.2 Å². The summed E-state index contributed by atoms with van der Waals surface area (Å²) in [5.41, 5.74) is 0. The van der Waals surface area contributed by atoms with Crippen LogP contribution >= 0.6 is 11.8 Å². The van der Waals surface area contributed by atoms with Crippen molar-refractivity contribution in [3.05, 3.63) is 0 Å². The Morgan fingerprint density at radius 3 is 2.74 bits per heavy atom. The normalized spacial score (nSPS) is 23.9. The van der Waals surface area contributed by atoms with E-state index in [1.165, 1.54) is 7.05 Å². The molecule has 0 aromatic rings. The van der Waals surface area contributed by atoms with Gasteiger partial charge in [-0.3, -0.25) is 4.79 Å². The van der Waals surface area contributed by atoms with Crippen molar-refractivity contribution in [2.45, 2.75) is 43.9 Å². The highest BCUT2D eigenvalue weighted by Gasteiger charge is 2.32. The minimum absolute atomic E-state index is 0.0109. The number of nitrogens with zero attached hydrogens (tertiary/aromatic N) is 1. The number of nitrogens with one attached hydrogen (secondary N) is 1. The summed E-state index contributed by atoms with van der Waals surface area (Å²) < 4.78 is 27.9. The summed E-state index contributed by atoms with van der Waals surface area (Å²) in [5, 5.41) is 8.91. The number of rotatable bonds is 8. The summed E-state index contributed by atoms with van der Waals surface area (Å²) in [7, 11) is -2.18. The van der Waals surface area contributed by atoms with E-state index in [9.17, 15) is 13.2 Å². The fourth-order valence-electron chi connectivity index (χ4n) is 2.13. The molecule has 0 amide bonds. The highest BCUT2D eigenvalue weighted by molar-refractivity contribution is 8.00. The van der Waals surface area contributed by atoms with E-state index in [0.29, 0.717) is 5.25 Å². The van der Waals surface area contributed by atoms with Crippen LogP contribution in [-0.4, -0.2) is 54.4 Å². The maximum Gasteiger partial charge on any atom is 0.304 e. The summed E-state index contributed by atoms with van der Waals surface area (Å²) in [4.78, 5) is 10.5. The van der Waals surface area contributed by atoms with Gasteiger partial charge in [-0.1, -0.05) is 13.3 Å². The van der Waals surface area contributed by atoms with Crippen molar-refractivity contribution in [3.63, 3.8) is 0 Å². The SMILES string of the molecule is CCSC1CCCC1NS(=O)(=O)N(C)CCC(=O)O. The molecule has 19 heavy (non-hydrogen) atoms. The molecule has 1 rings (SSSR count). The van der Waals surface area contributed by atoms with Crippen LogP contribution in [-0.2, 0) is 15.0 Å². The average Bonchev–Trinajstić information content (AvgIpc) is 2.73. The van der Waals surface area contributed by atoms with Crippen molar-refractivity contribution in [2.75, 3.05) is 19.3 Å². The minimum Gasteiger partial charge on any atom is -0.481 e. The average molecular weight is 310 g/mol. The van der Waals surface area contributed by atoms with Gasteiger partial charge in [0.2, 0.25) is 0 Å². The standard InChI is InChI=1S/C11H22N2O4S2/c1-3-18-10-6-4-5-9(10)12-19(16,17)13(2)8-7-11(14)15/h9-10,12H,3-8H2,1-2H3,(H,14,15). The van der Waals surface area contributed by atoms with Crippen molar-refractivity contribution in [1.82, 2.24) is 9.03 Å². The maximum absolute atomic E-state index is 12.1. The van der Waals surface area contributed by atoms with Gasteiger partial charge in [-0.05, 0) is 18.6 Å². The number of carbonyl (C=O) groups is 1. The number of hydrogen-bond donors (Lipinski definition) is 2. The number of hydrogen-bond acceptors (Lipinski definition) is 4. The Labute approximate surface area is 119 Å². The first-order valence-corrected chi connectivity index (χ1v) is 8.92. The molecule has 0 heterocycles. The molecule has 1 fully saturated rings. The number of thioether (sulfide) groups is 1. The monoisotopic (exact) mass is 310 g/mol. The molecule has 2 unspecified atom stereocenters. The summed E-state index contributed by atoms with van der Waals surface area (Å²) in [5.74, 6) is -0.0279. The van der Waals surface area contributed by atoms with Gasteiger partial charge in [0, 0.05) is 24.9 Å². The van der Waals surface area contributed by atoms with E-state index in [-0.39, 0.29) is 19.0 Å². The quantitative estimate of drug-likeness (QED) is 0.695. The summed E-state index contributed by atoms with van der Waals surface area (Å²) >= 11 is 1.78. The molecule has 1 saturated carbocycles. The van der Waals surface area contributed by atoms with E-state index in [1.807, 2.05) is 0 Å². The van der Waals surface area contributed by atoms with Crippen LogP contribution < -0.4 is 4.72 Å². The van der Waals surface area contributed by atoms with Crippen LogP contribution in [0.3, 0.4) is 0 Å². The first-order valence-electron chi connectivity index (χ1n) is 6.43. The highest BCUT2D eigenvalue weighted by Crippen LogP contribution is 2.30. The molecule has 0 aromatic carbocycles. The maximum atomic E-state index is 12.1. The molecule has 0 spiro atoms. The largest absolute Gasteiger partial charge is 0.481 e. The van der Waals surface area contributed by atoms with Gasteiger partial charge in [0.15, 0.2) is 0 Å². The van der Waals surface area contributed by atoms with E-state index in [1.54, 1.807) is 11.8 Å². The molecule has 0 bridgehead atoms. The van der Waals surface area contributed by atoms with E-state index in [2.05, 4.69) is 11.6 Å². The second-order valence-corrected chi connectivity index (χ2v) is 7.94. The summed E-state index contributed by atoms with van der Waals surface area (Å²) in [6, 6.07) is -0.0396. The zero-order valence-electron chi connectivity index (χ0n) is 11.3. The van der Waals surface area contributed by atoms with Gasteiger partial charge in [0.05, 0.1) is 6.42 Å². The van der Waals surface area contributed by atoms with Gasteiger partial charge in [0.25, 0.3) is 10.2 Å². The minimum atomic E-state index is -3.58. The van der Waals surface area contributed by atoms with Gasteiger partial charge in [0.1, 0.15) is 0 Å². The van der Waals surface area contributed by atoms with Crippen molar-refractivity contribution in [2.24, 2.45) is 0 Å². The molecule has 112 valence electrons. The first kappa shape index (κ1) is 16.7. The lowest BCUT2D eigenvalue weighted by Gasteiger charge is -2.24. The molecule has 6 nitrogen and oxygen atoms in total. The van der Waals surface area contributed by atoms with Crippen molar-refractivity contribution in [3.8, 4) is 0 Å². The molecule has 0 radical (unpaired) electrons. The summed E-state index contributed by atoms with van der Waals surface area (Å²) in [6.45, 7) is 2.05. The number of aliphatic carboxylic acids is 1. The zero-order valence-corrected chi connectivity index (χ0v) is 13.0. The van der Waals surface area contributed by atoms with Crippen LogP contribution in [0.2, 0.25) is 0 Å². The highest BCUT2D eigenvalue weighted by atomic mass is 32.2. The molecule has 8 heteroatoms. The predicted octanol–water partition coefficient (Wildman–Crippen LogP) is 0.901. The smallest absolute Gasteiger partial charge is 0.304 e. The van der Waals surface area contributed by atoms with Crippen LogP contribution in [0.1, 0.15) is 32.6 Å². The van der Waals surface area contributed by atoms with Crippen LogP contribution in [0, 0.1) is 0 Å². The van der Waals surface area contributed by atoms with Gasteiger partial charge >= 0.3 is 5.97 Å². The second kappa shape index (κ2) is 7.47. The van der Waals surface area contributed by atoms with Gasteiger partial charge in [-0.2, -0.15) is 29.2 Å². The first-order chi connectivity index (χ1) is 8.86. The third-order valence-electron chi connectivity index (χ3n) is 3.18. The Morgan fingerprint density at radius 2 is 2.16 bits per heavy atom. The van der Waals surface area contributed by atoms with Crippen molar-refractivity contribution >= 4 is 27.9 Å². The Hall–Kier alpha value is -0.310. The molecule has 2 atom stereocenters. The van der Waals surface area contributed by atoms with Crippen LogP contribution in [0.5, 0.6) is 0 Å². The number of carboxylic acid groups (broad SMARTS) is 1. The molecule has 1 aliphatic rings. The molecule has 0 aromatic heterocycles. The second-order valence-electron chi connectivity index (χ2n) is 4.62. The fourth-order valence-corrected chi connectivity index (χ4v) is 4.59. The lowest BCUT2D eigenvalue weighted by atomic mass is 10.3. The number of carboxylic acids is 1. The molecular formula is C11H22N2O4S2. The van der Waals surface area contributed by atoms with Gasteiger partial charge < -0.3 is 5.11 Å². The molecular weight excluding hydrogens is 288 g/mol. The van der Waals surface area contributed by atoms with Crippen LogP contribution in [0.15, 0.2) is 0 Å². The van der Waals surface area contributed by atoms with Crippen LogP contribution in [0.25, 0.3) is 0 Å². The lowest BCUT2D eigenvalue weighted by Crippen LogP contribution is -2.46. The van der Waals surface area contributed by atoms with E-state index >= 15 is 0 Å². The van der Waals surface area contributed by atoms with Crippen molar-refractivity contribution in [1.29, 1.82) is 0 Å². The zero-order chi connectivity index (χ0) is 14.5. The van der Waals surface area contributed by atoms with Crippen LogP contribution in [0.4, 0.5) is 0 Å². The fraction of sp³-hybridized carbons (Fsp3) is 0.909. The Bertz CT molecular complexity index is 399. The van der Waals surface area contributed by atoms with E-state index in [0.717, 1.165) is 29.3 Å². The third-order valence-corrected chi connectivity index (χ3v) is 6.11. The van der Waals surface area contributed by atoms with Crippen molar-refractivity contribution < 1.29 is 18.3 Å². The predicted molar refractivity (Wildman–Crippen MR) is 76.5 cm³/mol. The van der Waals surface area contributed by atoms with E-state index in [4.69, 9.17) is 5.11 Å². The van der Waals surface area contributed by atoms with Gasteiger partial charge in [-0.15, -0.1) is 0 Å². The topological polar surface area (TPSA) is 86.7 Å². The molecule has 0 aliphatic heterocycles. The Balaban J connectivity index is 2.55. The lowest BCUT2D eigenvalue weighted by molar-refractivity contribution is -0.137.